The quantitative estimate of drug-likeness (QED) is 0.191. The standard InChI is InChI=1S/C32H29FN6O4S2/c33-24-17-23(37-32(44)38-29(40)16-21-4-2-1-3-5-21)6-7-26(24)43-27-8-9-34-25-18-28(45-30(25)27)22-19-35-31(36-20-22)42-15-12-39-10-13-41-14-11-39/h1-9,17-20H,10-16H2,(H2,37,38,40,44). The predicted molar refractivity (Wildman–Crippen MR) is 174 cm³/mol. The molecule has 0 unspecified atom stereocenters. The van der Waals surface area contributed by atoms with Gasteiger partial charge in [-0.15, -0.1) is 11.3 Å². The Kier molecular flexibility index (Phi) is 9.80. The van der Waals surface area contributed by atoms with Crippen molar-refractivity contribution in [2.75, 3.05) is 44.8 Å². The first-order chi connectivity index (χ1) is 22.0. The molecule has 0 bridgehead atoms. The SMILES string of the molecule is O=C(Cc1ccccc1)NC(=S)Nc1ccc(Oc2ccnc3cc(-c4cnc(OCCN5CCOCC5)nc4)sc23)c(F)c1. The molecule has 0 aliphatic carbocycles. The molecule has 0 saturated carbocycles. The van der Waals surface area contributed by atoms with Crippen LogP contribution in [0.4, 0.5) is 10.1 Å². The minimum absolute atomic E-state index is 0.0314. The summed E-state index contributed by atoms with van der Waals surface area (Å²) in [5.74, 6) is -0.378. The number of hydrogen-bond acceptors (Lipinski definition) is 10. The van der Waals surface area contributed by atoms with Crippen molar-refractivity contribution in [3.05, 3.63) is 90.6 Å². The van der Waals surface area contributed by atoms with E-state index in [1.54, 1.807) is 30.7 Å². The van der Waals surface area contributed by atoms with Crippen LogP contribution in [0.5, 0.6) is 17.5 Å². The number of hydrogen-bond donors (Lipinski definition) is 2. The second kappa shape index (κ2) is 14.5. The number of halogens is 1. The summed E-state index contributed by atoms with van der Waals surface area (Å²) in [6, 6.07) is 17.6. The summed E-state index contributed by atoms with van der Waals surface area (Å²) in [6.07, 6.45) is 5.21. The van der Waals surface area contributed by atoms with Gasteiger partial charge < -0.3 is 24.8 Å². The third kappa shape index (κ3) is 8.13. The minimum Gasteiger partial charge on any atom is -0.462 e. The van der Waals surface area contributed by atoms with E-state index in [2.05, 4.69) is 30.5 Å². The summed E-state index contributed by atoms with van der Waals surface area (Å²) in [7, 11) is 0. The van der Waals surface area contributed by atoms with Gasteiger partial charge in [0, 0.05) is 66.5 Å². The van der Waals surface area contributed by atoms with Gasteiger partial charge in [-0.05, 0) is 36.0 Å². The van der Waals surface area contributed by atoms with E-state index in [0.717, 1.165) is 53.6 Å². The van der Waals surface area contributed by atoms with Crippen LogP contribution >= 0.6 is 23.6 Å². The number of rotatable bonds is 10. The number of amides is 1. The Morgan fingerprint density at radius 2 is 1.82 bits per heavy atom. The molecule has 0 spiro atoms. The number of aromatic nitrogens is 3. The van der Waals surface area contributed by atoms with Crippen molar-refractivity contribution in [3.8, 4) is 28.0 Å². The fourth-order valence-corrected chi connectivity index (χ4v) is 5.91. The lowest BCUT2D eigenvalue weighted by molar-refractivity contribution is -0.119. The Morgan fingerprint density at radius 3 is 2.60 bits per heavy atom. The molecule has 3 aromatic heterocycles. The van der Waals surface area contributed by atoms with E-state index in [1.807, 2.05) is 36.4 Å². The molecule has 4 heterocycles. The molecule has 2 N–H and O–H groups in total. The van der Waals surface area contributed by atoms with Gasteiger partial charge in [-0.3, -0.25) is 14.7 Å². The van der Waals surface area contributed by atoms with Gasteiger partial charge in [-0.25, -0.2) is 14.4 Å². The number of morpholine rings is 1. The second-order valence-electron chi connectivity index (χ2n) is 10.1. The Morgan fingerprint density at radius 1 is 1.02 bits per heavy atom. The van der Waals surface area contributed by atoms with Gasteiger partial charge >= 0.3 is 6.01 Å². The number of thiophene rings is 1. The Bertz CT molecular complexity index is 1780. The normalized spacial score (nSPS) is 13.4. The molecule has 230 valence electrons. The molecule has 0 radical (unpaired) electrons. The average Bonchev–Trinajstić information content (AvgIpc) is 3.49. The Balaban J connectivity index is 1.07. The third-order valence-electron chi connectivity index (χ3n) is 6.90. The van der Waals surface area contributed by atoms with Crippen molar-refractivity contribution in [3.63, 3.8) is 0 Å². The van der Waals surface area contributed by atoms with Gasteiger partial charge in [0.2, 0.25) is 5.91 Å². The zero-order chi connectivity index (χ0) is 31.0. The summed E-state index contributed by atoms with van der Waals surface area (Å²) >= 11 is 6.68. The number of nitrogens with zero attached hydrogens (tertiary/aromatic N) is 4. The lowest BCUT2D eigenvalue weighted by Crippen LogP contribution is -2.38. The zero-order valence-electron chi connectivity index (χ0n) is 24.1. The summed E-state index contributed by atoms with van der Waals surface area (Å²) in [5.41, 5.74) is 2.74. The van der Waals surface area contributed by atoms with Crippen molar-refractivity contribution in [1.82, 2.24) is 25.2 Å². The van der Waals surface area contributed by atoms with Gasteiger partial charge in [-0.2, -0.15) is 0 Å². The molecule has 2 aromatic carbocycles. The zero-order valence-corrected chi connectivity index (χ0v) is 25.7. The van der Waals surface area contributed by atoms with Crippen LogP contribution in [0.1, 0.15) is 5.56 Å². The molecule has 1 saturated heterocycles. The number of nitrogens with one attached hydrogen (secondary N) is 2. The van der Waals surface area contributed by atoms with Gasteiger partial charge in [0.1, 0.15) is 12.4 Å². The number of carbonyl (C=O) groups excluding carboxylic acids is 1. The fourth-order valence-electron chi connectivity index (χ4n) is 4.64. The first-order valence-electron chi connectivity index (χ1n) is 14.3. The average molecular weight is 645 g/mol. The van der Waals surface area contributed by atoms with E-state index < -0.39 is 5.82 Å². The van der Waals surface area contributed by atoms with Gasteiger partial charge in [0.25, 0.3) is 0 Å². The summed E-state index contributed by atoms with van der Waals surface area (Å²) in [5, 5.41) is 5.52. The van der Waals surface area contributed by atoms with Gasteiger partial charge in [-0.1, -0.05) is 30.3 Å². The van der Waals surface area contributed by atoms with Crippen molar-refractivity contribution >= 4 is 50.5 Å². The molecule has 1 amide bonds. The molecular formula is C32H29FN6O4S2. The summed E-state index contributed by atoms with van der Waals surface area (Å²) in [6.45, 7) is 4.57. The maximum atomic E-state index is 15.1. The fraction of sp³-hybridized carbons (Fsp3) is 0.219. The van der Waals surface area contributed by atoms with Crippen LogP contribution in [0.15, 0.2) is 79.3 Å². The maximum absolute atomic E-state index is 15.1. The summed E-state index contributed by atoms with van der Waals surface area (Å²) < 4.78 is 32.9. The topological polar surface area (TPSA) is 111 Å². The highest BCUT2D eigenvalue weighted by molar-refractivity contribution is 7.80. The van der Waals surface area contributed by atoms with Crippen molar-refractivity contribution in [2.45, 2.75) is 6.42 Å². The van der Waals surface area contributed by atoms with E-state index >= 15 is 4.39 Å². The highest BCUT2D eigenvalue weighted by Crippen LogP contribution is 2.39. The van der Waals surface area contributed by atoms with Crippen LogP contribution in [0.2, 0.25) is 0 Å². The number of carbonyl (C=O) groups is 1. The smallest absolute Gasteiger partial charge is 0.316 e. The number of thiocarbonyl (C=S) groups is 1. The van der Waals surface area contributed by atoms with E-state index in [4.69, 9.17) is 26.4 Å². The third-order valence-corrected chi connectivity index (χ3v) is 8.29. The lowest BCUT2D eigenvalue weighted by atomic mass is 10.1. The predicted octanol–water partition coefficient (Wildman–Crippen LogP) is 5.45. The van der Waals surface area contributed by atoms with Crippen molar-refractivity contribution in [2.24, 2.45) is 0 Å². The van der Waals surface area contributed by atoms with Crippen molar-refractivity contribution < 1.29 is 23.4 Å². The van der Waals surface area contributed by atoms with Crippen LogP contribution in [0, 0.1) is 5.82 Å². The molecule has 1 aliphatic rings. The van der Waals surface area contributed by atoms with Crippen molar-refractivity contribution in [1.29, 1.82) is 0 Å². The molecule has 45 heavy (non-hydrogen) atoms. The van der Waals surface area contributed by atoms with Crippen LogP contribution in [-0.2, 0) is 16.0 Å². The van der Waals surface area contributed by atoms with E-state index in [-0.39, 0.29) is 23.2 Å². The monoisotopic (exact) mass is 644 g/mol. The van der Waals surface area contributed by atoms with Crippen LogP contribution in [-0.4, -0.2) is 70.3 Å². The van der Waals surface area contributed by atoms with Gasteiger partial charge in [0.05, 0.1) is 29.9 Å². The number of anilines is 1. The van der Waals surface area contributed by atoms with E-state index in [9.17, 15) is 4.79 Å². The largest absolute Gasteiger partial charge is 0.462 e. The molecule has 5 aromatic rings. The number of benzene rings is 2. The molecular weight excluding hydrogens is 616 g/mol. The number of fused-ring (bicyclic) bond motifs is 1. The van der Waals surface area contributed by atoms with Crippen LogP contribution < -0.4 is 20.1 Å². The second-order valence-corrected chi connectivity index (χ2v) is 11.6. The molecule has 10 nitrogen and oxygen atoms in total. The highest BCUT2D eigenvalue weighted by Gasteiger charge is 2.15. The Labute approximate surface area is 268 Å². The molecule has 1 fully saturated rings. The Hall–Kier alpha value is -4.56. The highest BCUT2D eigenvalue weighted by atomic mass is 32.1. The lowest BCUT2D eigenvalue weighted by Gasteiger charge is -2.26. The van der Waals surface area contributed by atoms with Gasteiger partial charge in [0.15, 0.2) is 16.7 Å². The first kappa shape index (κ1) is 30.5. The van der Waals surface area contributed by atoms with Crippen LogP contribution in [0.25, 0.3) is 20.7 Å². The maximum Gasteiger partial charge on any atom is 0.316 e. The molecule has 0 atom stereocenters. The minimum atomic E-state index is -0.599. The molecule has 6 rings (SSSR count). The molecule has 1 aliphatic heterocycles. The van der Waals surface area contributed by atoms with E-state index in [0.29, 0.717) is 29.6 Å². The number of ether oxygens (including phenoxy) is 3. The summed E-state index contributed by atoms with van der Waals surface area (Å²) in [4.78, 5) is 28.6. The molecule has 13 heteroatoms. The number of pyridine rings is 1. The van der Waals surface area contributed by atoms with Crippen LogP contribution in [0.3, 0.4) is 0 Å². The van der Waals surface area contributed by atoms with E-state index in [1.165, 1.54) is 23.5 Å². The first-order valence-corrected chi connectivity index (χ1v) is 15.5.